The third kappa shape index (κ3) is 4.15. The minimum Gasteiger partial charge on any atom is -0.496 e. The number of anilines is 2. The first-order valence-corrected chi connectivity index (χ1v) is 11.0. The van der Waals surface area contributed by atoms with Crippen molar-refractivity contribution in [2.24, 2.45) is 0 Å². The molecule has 4 aromatic rings. The van der Waals surface area contributed by atoms with Crippen LogP contribution in [0.3, 0.4) is 0 Å². The molecule has 0 bridgehead atoms. The minimum atomic E-state index is 0.576. The normalized spacial score (nSPS) is 13.7. The summed E-state index contributed by atoms with van der Waals surface area (Å²) in [6, 6.07) is 22.2. The molecule has 0 amide bonds. The molecule has 7 heteroatoms. The largest absolute Gasteiger partial charge is 0.496 e. The second kappa shape index (κ2) is 9.13. The van der Waals surface area contributed by atoms with Crippen LogP contribution in [0, 0.1) is 11.3 Å². The van der Waals surface area contributed by atoms with Crippen LogP contribution in [0.15, 0.2) is 66.9 Å². The molecule has 164 valence electrons. The number of rotatable bonds is 5. The lowest BCUT2D eigenvalue weighted by Crippen LogP contribution is -2.47. The van der Waals surface area contributed by atoms with Gasteiger partial charge in [0.1, 0.15) is 17.6 Å². The van der Waals surface area contributed by atoms with Gasteiger partial charge >= 0.3 is 0 Å². The van der Waals surface area contributed by atoms with Gasteiger partial charge in [0.05, 0.1) is 18.4 Å². The van der Waals surface area contributed by atoms with Crippen molar-refractivity contribution >= 4 is 22.4 Å². The summed E-state index contributed by atoms with van der Waals surface area (Å²) in [6.07, 6.45) is 2.29. The molecule has 0 saturated carbocycles. The Hall–Kier alpha value is -4.18. The summed E-state index contributed by atoms with van der Waals surface area (Å²) in [7, 11) is 1.69. The van der Waals surface area contributed by atoms with Crippen molar-refractivity contribution in [2.45, 2.75) is 6.42 Å². The first-order chi connectivity index (χ1) is 16.3. The Morgan fingerprint density at radius 1 is 0.879 bits per heavy atom. The highest BCUT2D eigenvalue weighted by molar-refractivity contribution is 5.93. The lowest BCUT2D eigenvalue weighted by molar-refractivity contribution is 0.410. The van der Waals surface area contributed by atoms with Crippen LogP contribution in [0.1, 0.15) is 16.8 Å². The van der Waals surface area contributed by atoms with Gasteiger partial charge in [-0.3, -0.25) is 0 Å². The summed E-state index contributed by atoms with van der Waals surface area (Å²) in [6.45, 7) is 3.31. The van der Waals surface area contributed by atoms with Crippen LogP contribution in [0.5, 0.6) is 5.75 Å². The van der Waals surface area contributed by atoms with Gasteiger partial charge < -0.3 is 14.5 Å². The number of nitrogens with zero attached hydrogens (tertiary/aromatic N) is 6. The first kappa shape index (κ1) is 20.7. The number of aromatic nitrogens is 3. The van der Waals surface area contributed by atoms with Gasteiger partial charge in [-0.1, -0.05) is 42.5 Å². The van der Waals surface area contributed by atoms with E-state index in [9.17, 15) is 0 Å². The second-order valence-electron chi connectivity index (χ2n) is 8.00. The highest BCUT2D eigenvalue weighted by Crippen LogP contribution is 2.30. The van der Waals surface area contributed by atoms with Gasteiger partial charge in [-0.25, -0.2) is 4.98 Å². The molecular weight excluding hydrogens is 412 g/mol. The van der Waals surface area contributed by atoms with Gasteiger partial charge in [-0.05, 0) is 18.2 Å². The first-order valence-electron chi connectivity index (χ1n) is 11.0. The molecule has 1 aliphatic heterocycles. The number of ether oxygens (including phenoxy) is 1. The second-order valence-corrected chi connectivity index (χ2v) is 8.00. The van der Waals surface area contributed by atoms with Crippen LogP contribution in [-0.2, 0) is 6.42 Å². The van der Waals surface area contributed by atoms with Gasteiger partial charge in [0.2, 0.25) is 0 Å². The Kier molecular flexibility index (Phi) is 5.73. The number of piperazine rings is 1. The fraction of sp³-hybridized carbons (Fsp3) is 0.231. The van der Waals surface area contributed by atoms with Crippen LogP contribution in [0.4, 0.5) is 11.6 Å². The Bertz CT molecular complexity index is 1310. The molecule has 0 unspecified atom stereocenters. The van der Waals surface area contributed by atoms with E-state index >= 15 is 0 Å². The molecule has 2 aromatic heterocycles. The van der Waals surface area contributed by atoms with E-state index in [-0.39, 0.29) is 0 Å². The number of hydrogen-bond donors (Lipinski definition) is 0. The molecule has 1 fully saturated rings. The van der Waals surface area contributed by atoms with E-state index in [1.54, 1.807) is 13.3 Å². The number of hydrogen-bond acceptors (Lipinski definition) is 7. The van der Waals surface area contributed by atoms with Crippen molar-refractivity contribution in [3.8, 4) is 11.8 Å². The van der Waals surface area contributed by atoms with Gasteiger partial charge in [-0.2, -0.15) is 10.4 Å². The number of pyridine rings is 1. The van der Waals surface area contributed by atoms with E-state index in [2.05, 4.69) is 55.3 Å². The molecule has 7 nitrogen and oxygen atoms in total. The van der Waals surface area contributed by atoms with Crippen molar-refractivity contribution < 1.29 is 4.74 Å². The van der Waals surface area contributed by atoms with E-state index in [1.807, 2.05) is 36.4 Å². The smallest absolute Gasteiger partial charge is 0.159 e. The van der Waals surface area contributed by atoms with Crippen molar-refractivity contribution in [1.82, 2.24) is 15.2 Å². The maximum atomic E-state index is 8.99. The highest BCUT2D eigenvalue weighted by Gasteiger charge is 2.22. The molecule has 2 aromatic carbocycles. The average Bonchev–Trinajstić information content (AvgIpc) is 2.89. The zero-order valence-electron chi connectivity index (χ0n) is 18.5. The molecule has 1 aliphatic rings. The van der Waals surface area contributed by atoms with Crippen molar-refractivity contribution in [3.05, 3.63) is 83.7 Å². The van der Waals surface area contributed by atoms with E-state index in [0.29, 0.717) is 12.0 Å². The van der Waals surface area contributed by atoms with Crippen molar-refractivity contribution in [3.63, 3.8) is 0 Å². The number of nitriles is 1. The standard InChI is InChI=1S/C26H24N6O/c1-33-24-9-5-2-6-20(24)16-23-21-7-3-4-8-22(21)26(30-29-23)32-14-12-31(13-15-32)25-11-10-19(17-27)18-28-25/h2-11,18H,12-16H2,1H3. The molecule has 0 atom stereocenters. The summed E-state index contributed by atoms with van der Waals surface area (Å²) in [4.78, 5) is 8.97. The zero-order chi connectivity index (χ0) is 22.6. The summed E-state index contributed by atoms with van der Waals surface area (Å²) in [5.74, 6) is 2.68. The predicted molar refractivity (Wildman–Crippen MR) is 129 cm³/mol. The summed E-state index contributed by atoms with van der Waals surface area (Å²) >= 11 is 0. The molecule has 3 heterocycles. The van der Waals surface area contributed by atoms with Crippen LogP contribution in [0.25, 0.3) is 10.8 Å². The van der Waals surface area contributed by atoms with Crippen molar-refractivity contribution in [2.75, 3.05) is 43.1 Å². The zero-order valence-corrected chi connectivity index (χ0v) is 18.5. The average molecular weight is 437 g/mol. The topological polar surface area (TPSA) is 78.2 Å². The van der Waals surface area contributed by atoms with Gasteiger partial charge in [0.25, 0.3) is 0 Å². The van der Waals surface area contributed by atoms with Crippen LogP contribution in [0.2, 0.25) is 0 Å². The van der Waals surface area contributed by atoms with E-state index in [4.69, 9.17) is 10.00 Å². The number of para-hydroxylation sites is 1. The van der Waals surface area contributed by atoms with Gasteiger partial charge in [0.15, 0.2) is 5.82 Å². The third-order valence-electron chi connectivity index (χ3n) is 6.07. The van der Waals surface area contributed by atoms with Crippen LogP contribution in [-0.4, -0.2) is 48.5 Å². The molecule has 5 rings (SSSR count). The SMILES string of the molecule is COc1ccccc1Cc1nnc(N2CCN(c3ccc(C#N)cn3)CC2)c2ccccc12. The summed E-state index contributed by atoms with van der Waals surface area (Å²) in [5, 5.41) is 20.5. The Morgan fingerprint density at radius 2 is 1.61 bits per heavy atom. The van der Waals surface area contributed by atoms with Crippen LogP contribution >= 0.6 is 0 Å². The van der Waals surface area contributed by atoms with Gasteiger partial charge in [0, 0.05) is 55.1 Å². The van der Waals surface area contributed by atoms with Gasteiger partial charge in [-0.15, -0.1) is 5.10 Å². The molecule has 0 N–H and O–H groups in total. The number of benzene rings is 2. The van der Waals surface area contributed by atoms with E-state index < -0.39 is 0 Å². The Morgan fingerprint density at radius 3 is 2.33 bits per heavy atom. The fourth-order valence-corrected chi connectivity index (χ4v) is 4.33. The third-order valence-corrected chi connectivity index (χ3v) is 6.07. The monoisotopic (exact) mass is 436 g/mol. The molecule has 33 heavy (non-hydrogen) atoms. The minimum absolute atomic E-state index is 0.576. The van der Waals surface area contributed by atoms with Crippen LogP contribution < -0.4 is 14.5 Å². The quantitative estimate of drug-likeness (QED) is 0.471. The molecule has 0 spiro atoms. The molecule has 0 aliphatic carbocycles. The molecular formula is C26H24N6O. The summed E-state index contributed by atoms with van der Waals surface area (Å²) < 4.78 is 5.53. The maximum Gasteiger partial charge on any atom is 0.159 e. The predicted octanol–water partition coefficient (Wildman–Crippen LogP) is 3.82. The lowest BCUT2D eigenvalue weighted by atomic mass is 10.0. The molecule has 1 saturated heterocycles. The Balaban J connectivity index is 1.38. The van der Waals surface area contributed by atoms with E-state index in [1.165, 1.54) is 0 Å². The van der Waals surface area contributed by atoms with Crippen molar-refractivity contribution in [1.29, 1.82) is 5.26 Å². The summed E-state index contributed by atoms with van der Waals surface area (Å²) in [5.41, 5.74) is 2.61. The molecule has 0 radical (unpaired) electrons. The fourth-order valence-electron chi connectivity index (χ4n) is 4.33. The lowest BCUT2D eigenvalue weighted by Gasteiger charge is -2.36. The maximum absolute atomic E-state index is 8.99. The van der Waals surface area contributed by atoms with E-state index in [0.717, 1.165) is 65.6 Å². The number of fused-ring (bicyclic) bond motifs is 1. The number of methoxy groups -OCH3 is 1. The Labute approximate surface area is 192 Å². The highest BCUT2D eigenvalue weighted by atomic mass is 16.5.